The minimum Gasteiger partial charge on any atom is -0.451 e. The number of carbonyl (C=O) groups is 1. The van der Waals surface area contributed by atoms with Crippen LogP contribution in [0, 0.1) is 0 Å². The predicted octanol–water partition coefficient (Wildman–Crippen LogP) is 3.26. The summed E-state index contributed by atoms with van der Waals surface area (Å²) in [5.74, 6) is 0. The molecule has 0 aromatic heterocycles. The number of benzene rings is 1. The molecule has 1 aliphatic heterocycles. The van der Waals surface area contributed by atoms with Crippen molar-refractivity contribution in [1.29, 1.82) is 0 Å². The van der Waals surface area contributed by atoms with E-state index in [1.54, 1.807) is 0 Å². The largest absolute Gasteiger partial charge is 0.451 e. The zero-order valence-electron chi connectivity index (χ0n) is 11.2. The highest BCUT2D eigenvalue weighted by Gasteiger charge is 2.29. The van der Waals surface area contributed by atoms with Gasteiger partial charge >= 0.3 is 6.09 Å². The van der Waals surface area contributed by atoms with E-state index in [1.165, 1.54) is 12.1 Å². The molecule has 0 spiro atoms. The van der Waals surface area contributed by atoms with E-state index in [4.69, 9.17) is 4.74 Å². The Morgan fingerprint density at radius 2 is 1.94 bits per heavy atom. The van der Waals surface area contributed by atoms with Crippen LogP contribution in [0.4, 0.5) is 10.5 Å². The molecular weight excluding hydrogens is 228 g/mol. The van der Waals surface area contributed by atoms with Crippen molar-refractivity contribution >= 4 is 17.4 Å². The fraction of sp³-hybridized carbons (Fsp3) is 0.357. The molecule has 0 bridgehead atoms. The number of anilines is 1. The number of carbonyl (C=O) groups excluding carboxylic acids is 1. The van der Waals surface area contributed by atoms with Crippen molar-refractivity contribution in [2.24, 2.45) is 0 Å². The highest BCUT2D eigenvalue weighted by atomic mass is 16.5. The maximum atomic E-state index is 11.9. The Labute approximate surface area is 107 Å². The number of hydrazine groups is 1. The average molecular weight is 246 g/mol. The number of hydrogen-bond donors (Lipinski definition) is 0. The van der Waals surface area contributed by atoms with Gasteiger partial charge in [-0.3, -0.25) is 5.01 Å². The van der Waals surface area contributed by atoms with Crippen molar-refractivity contribution < 1.29 is 9.53 Å². The number of ether oxygens (including phenoxy) is 1. The third-order valence-electron chi connectivity index (χ3n) is 2.97. The third-order valence-corrected chi connectivity index (χ3v) is 2.97. The van der Waals surface area contributed by atoms with E-state index < -0.39 is 0 Å². The van der Waals surface area contributed by atoms with Gasteiger partial charge in [0.2, 0.25) is 0 Å². The second-order valence-corrected chi connectivity index (χ2v) is 4.58. The zero-order chi connectivity index (χ0) is 13.3. The zero-order valence-corrected chi connectivity index (χ0v) is 11.2. The Morgan fingerprint density at radius 3 is 2.56 bits per heavy atom. The average Bonchev–Trinajstić information content (AvgIpc) is 2.37. The van der Waals surface area contributed by atoms with Gasteiger partial charge in [0, 0.05) is 17.8 Å². The molecule has 0 aliphatic carbocycles. The summed E-state index contributed by atoms with van der Waals surface area (Å²) in [5, 5.41) is 3.47. The first-order valence-corrected chi connectivity index (χ1v) is 6.00. The Kier molecular flexibility index (Phi) is 3.28. The standard InChI is InChI=1S/C14H18N2O2/c1-10(2)16-13-8-6-5-7-12(13)11(3)9-15(16)14(17)18-4/h5-10H,1-4H3. The Morgan fingerprint density at radius 1 is 1.28 bits per heavy atom. The molecule has 4 nitrogen and oxygen atoms in total. The van der Waals surface area contributed by atoms with Gasteiger partial charge in [0.05, 0.1) is 12.8 Å². The molecule has 1 aromatic carbocycles. The second-order valence-electron chi connectivity index (χ2n) is 4.58. The molecule has 0 fully saturated rings. The summed E-state index contributed by atoms with van der Waals surface area (Å²) < 4.78 is 4.83. The minimum absolute atomic E-state index is 0.162. The van der Waals surface area contributed by atoms with Crippen molar-refractivity contribution in [3.05, 3.63) is 36.0 Å². The fourth-order valence-electron chi connectivity index (χ4n) is 2.20. The molecule has 0 radical (unpaired) electrons. The first-order valence-electron chi connectivity index (χ1n) is 6.00. The molecule has 1 amide bonds. The lowest BCUT2D eigenvalue weighted by atomic mass is 10.0. The van der Waals surface area contributed by atoms with Crippen LogP contribution in [0.5, 0.6) is 0 Å². The van der Waals surface area contributed by atoms with Gasteiger partial charge in [-0.1, -0.05) is 18.2 Å². The summed E-state index contributed by atoms with van der Waals surface area (Å²) in [7, 11) is 1.39. The Bertz CT molecular complexity index is 494. The van der Waals surface area contributed by atoms with E-state index in [2.05, 4.69) is 6.07 Å². The highest BCUT2D eigenvalue weighted by Crippen LogP contribution is 2.34. The molecule has 0 saturated carbocycles. The molecule has 4 heteroatoms. The maximum absolute atomic E-state index is 11.9. The van der Waals surface area contributed by atoms with Crippen LogP contribution in [0.3, 0.4) is 0 Å². The monoisotopic (exact) mass is 246 g/mol. The van der Waals surface area contributed by atoms with Crippen molar-refractivity contribution in [3.8, 4) is 0 Å². The van der Waals surface area contributed by atoms with Crippen LogP contribution < -0.4 is 5.01 Å². The van der Waals surface area contributed by atoms with Crippen molar-refractivity contribution in [1.82, 2.24) is 5.01 Å². The van der Waals surface area contributed by atoms with Gasteiger partial charge < -0.3 is 4.74 Å². The molecule has 1 aliphatic rings. The van der Waals surface area contributed by atoms with Gasteiger partial charge in [0.1, 0.15) is 0 Å². The maximum Gasteiger partial charge on any atom is 0.432 e. The van der Waals surface area contributed by atoms with Gasteiger partial charge in [0.25, 0.3) is 0 Å². The molecule has 0 atom stereocenters. The number of amides is 1. The molecule has 0 N–H and O–H groups in total. The molecule has 0 saturated heterocycles. The number of methoxy groups -OCH3 is 1. The van der Waals surface area contributed by atoms with Crippen LogP contribution in [-0.2, 0) is 4.74 Å². The molecule has 1 heterocycles. The SMILES string of the molecule is COC(=O)N1C=C(C)c2ccccc2N1C(C)C. The summed E-state index contributed by atoms with van der Waals surface area (Å²) in [5.41, 5.74) is 3.22. The van der Waals surface area contributed by atoms with Crippen LogP contribution in [0.25, 0.3) is 5.57 Å². The van der Waals surface area contributed by atoms with E-state index in [0.29, 0.717) is 0 Å². The third kappa shape index (κ3) is 1.94. The van der Waals surface area contributed by atoms with Crippen molar-refractivity contribution in [3.63, 3.8) is 0 Å². The van der Waals surface area contributed by atoms with Gasteiger partial charge in [-0.05, 0) is 32.4 Å². The first kappa shape index (κ1) is 12.5. The van der Waals surface area contributed by atoms with Gasteiger partial charge in [-0.2, -0.15) is 5.01 Å². The lowest BCUT2D eigenvalue weighted by Gasteiger charge is -2.40. The lowest BCUT2D eigenvalue weighted by Crippen LogP contribution is -2.49. The number of para-hydroxylation sites is 1. The van der Waals surface area contributed by atoms with E-state index in [0.717, 1.165) is 16.8 Å². The van der Waals surface area contributed by atoms with Crippen LogP contribution >= 0.6 is 0 Å². The number of allylic oxidation sites excluding steroid dienone is 1. The lowest BCUT2D eigenvalue weighted by molar-refractivity contribution is 0.133. The fourth-order valence-corrected chi connectivity index (χ4v) is 2.20. The molecule has 2 rings (SSSR count). The quantitative estimate of drug-likeness (QED) is 0.762. The van der Waals surface area contributed by atoms with E-state index in [-0.39, 0.29) is 12.1 Å². The normalized spacial score (nSPS) is 14.4. The number of nitrogens with zero attached hydrogens (tertiary/aromatic N) is 2. The number of hydrogen-bond acceptors (Lipinski definition) is 3. The highest BCUT2D eigenvalue weighted by molar-refractivity contribution is 5.84. The van der Waals surface area contributed by atoms with Crippen LogP contribution in [0.15, 0.2) is 30.5 Å². The summed E-state index contributed by atoms with van der Waals surface area (Å²) in [6, 6.07) is 8.21. The van der Waals surface area contributed by atoms with Crippen molar-refractivity contribution in [2.75, 3.05) is 12.1 Å². The Balaban J connectivity index is 2.54. The first-order chi connectivity index (χ1) is 8.56. The minimum atomic E-state index is -0.377. The van der Waals surface area contributed by atoms with Crippen LogP contribution in [-0.4, -0.2) is 24.3 Å². The van der Waals surface area contributed by atoms with Crippen molar-refractivity contribution in [2.45, 2.75) is 26.8 Å². The molecule has 18 heavy (non-hydrogen) atoms. The second kappa shape index (κ2) is 4.72. The molecular formula is C14H18N2O2. The van der Waals surface area contributed by atoms with Crippen LogP contribution in [0.2, 0.25) is 0 Å². The van der Waals surface area contributed by atoms with Gasteiger partial charge in [0.15, 0.2) is 0 Å². The number of fused-ring (bicyclic) bond motifs is 1. The molecule has 0 unspecified atom stereocenters. The smallest absolute Gasteiger partial charge is 0.432 e. The Hall–Kier alpha value is -1.97. The summed E-state index contributed by atoms with van der Waals surface area (Å²) >= 11 is 0. The molecule has 96 valence electrons. The predicted molar refractivity (Wildman–Crippen MR) is 72.0 cm³/mol. The summed E-state index contributed by atoms with van der Waals surface area (Å²) in [6.45, 7) is 6.08. The summed E-state index contributed by atoms with van der Waals surface area (Å²) in [4.78, 5) is 11.9. The number of rotatable bonds is 1. The van der Waals surface area contributed by atoms with E-state index in [9.17, 15) is 4.79 Å². The topological polar surface area (TPSA) is 32.8 Å². The molecule has 1 aromatic rings. The summed E-state index contributed by atoms with van der Waals surface area (Å²) in [6.07, 6.45) is 1.44. The van der Waals surface area contributed by atoms with Gasteiger partial charge in [-0.15, -0.1) is 0 Å². The van der Waals surface area contributed by atoms with Crippen LogP contribution in [0.1, 0.15) is 26.3 Å². The van der Waals surface area contributed by atoms with Gasteiger partial charge in [-0.25, -0.2) is 4.79 Å². The van der Waals surface area contributed by atoms with E-state index >= 15 is 0 Å². The van der Waals surface area contributed by atoms with E-state index in [1.807, 2.05) is 50.2 Å².